The molecule has 1 aromatic heterocycles. The standard InChI is InChI=1S/C18H22N4/c1-12-9-10-22(12)18-20-16-4-2-3-15(16)17(21-18)14-7-5-13(11-19)6-8-14/h5-8,12H,2-4,9-11,19H2,1H3/t12-/m0/s1. The van der Waals surface area contributed by atoms with Gasteiger partial charge in [0.2, 0.25) is 5.95 Å². The predicted molar refractivity (Wildman–Crippen MR) is 88.8 cm³/mol. The fraction of sp³-hybridized carbons (Fsp3) is 0.444. The van der Waals surface area contributed by atoms with Crippen LogP contribution in [0.3, 0.4) is 0 Å². The number of hydrogen-bond acceptors (Lipinski definition) is 4. The minimum absolute atomic E-state index is 0.562. The molecule has 114 valence electrons. The molecule has 1 aliphatic carbocycles. The zero-order valence-corrected chi connectivity index (χ0v) is 13.0. The summed E-state index contributed by atoms with van der Waals surface area (Å²) in [6.45, 7) is 3.90. The Hall–Kier alpha value is -1.94. The van der Waals surface area contributed by atoms with Gasteiger partial charge in [0.25, 0.3) is 0 Å². The van der Waals surface area contributed by atoms with E-state index in [2.05, 4.69) is 36.1 Å². The summed E-state index contributed by atoms with van der Waals surface area (Å²) in [5.41, 5.74) is 11.8. The van der Waals surface area contributed by atoms with Crippen molar-refractivity contribution in [3.63, 3.8) is 0 Å². The van der Waals surface area contributed by atoms with E-state index in [-0.39, 0.29) is 0 Å². The molecular weight excluding hydrogens is 272 g/mol. The molecule has 2 N–H and O–H groups in total. The number of aryl methyl sites for hydroxylation is 1. The van der Waals surface area contributed by atoms with Crippen LogP contribution in [0.15, 0.2) is 24.3 Å². The van der Waals surface area contributed by atoms with Crippen molar-refractivity contribution in [2.45, 2.75) is 45.2 Å². The second-order valence-corrected chi connectivity index (χ2v) is 6.38. The topological polar surface area (TPSA) is 55.0 Å². The lowest BCUT2D eigenvalue weighted by molar-refractivity contribution is 0.470. The molecule has 0 radical (unpaired) electrons. The number of hydrogen-bond donors (Lipinski definition) is 1. The summed E-state index contributed by atoms with van der Waals surface area (Å²) < 4.78 is 0. The molecule has 1 saturated heterocycles. The first kappa shape index (κ1) is 13.7. The van der Waals surface area contributed by atoms with Crippen LogP contribution in [0.5, 0.6) is 0 Å². The van der Waals surface area contributed by atoms with Gasteiger partial charge in [-0.15, -0.1) is 0 Å². The SMILES string of the molecule is C[C@H]1CCN1c1nc2c(c(-c3ccc(CN)cc3)n1)CCC2. The minimum atomic E-state index is 0.562. The molecule has 1 fully saturated rings. The van der Waals surface area contributed by atoms with Crippen LogP contribution in [0.1, 0.15) is 36.6 Å². The summed E-state index contributed by atoms with van der Waals surface area (Å²) >= 11 is 0. The van der Waals surface area contributed by atoms with Crippen molar-refractivity contribution in [1.82, 2.24) is 9.97 Å². The van der Waals surface area contributed by atoms with Crippen molar-refractivity contribution in [3.05, 3.63) is 41.1 Å². The Kier molecular flexibility index (Phi) is 3.34. The Morgan fingerprint density at radius 1 is 1.18 bits per heavy atom. The van der Waals surface area contributed by atoms with Gasteiger partial charge in [-0.05, 0) is 38.2 Å². The zero-order chi connectivity index (χ0) is 15.1. The van der Waals surface area contributed by atoms with Gasteiger partial charge in [0.05, 0.1) is 5.69 Å². The second-order valence-electron chi connectivity index (χ2n) is 6.38. The van der Waals surface area contributed by atoms with Crippen LogP contribution in [0.2, 0.25) is 0 Å². The molecular formula is C18H22N4. The molecule has 1 aliphatic heterocycles. The van der Waals surface area contributed by atoms with Crippen LogP contribution in [0.25, 0.3) is 11.3 Å². The molecule has 0 unspecified atom stereocenters. The van der Waals surface area contributed by atoms with Crippen molar-refractivity contribution < 1.29 is 0 Å². The Morgan fingerprint density at radius 2 is 2.00 bits per heavy atom. The maximum absolute atomic E-state index is 5.70. The van der Waals surface area contributed by atoms with Crippen LogP contribution in [0.4, 0.5) is 5.95 Å². The number of rotatable bonds is 3. The lowest BCUT2D eigenvalue weighted by Gasteiger charge is -2.39. The average Bonchev–Trinajstić information content (AvgIpc) is 3.01. The highest BCUT2D eigenvalue weighted by Crippen LogP contribution is 2.33. The van der Waals surface area contributed by atoms with Gasteiger partial charge in [0.1, 0.15) is 0 Å². The highest BCUT2D eigenvalue weighted by molar-refractivity contribution is 5.67. The van der Waals surface area contributed by atoms with Crippen LogP contribution < -0.4 is 10.6 Å². The first-order valence-electron chi connectivity index (χ1n) is 8.22. The number of anilines is 1. The molecule has 1 aromatic carbocycles. The molecule has 1 atom stereocenters. The molecule has 0 amide bonds. The first-order valence-corrected chi connectivity index (χ1v) is 8.22. The van der Waals surface area contributed by atoms with E-state index >= 15 is 0 Å². The van der Waals surface area contributed by atoms with Crippen LogP contribution in [-0.2, 0) is 19.4 Å². The van der Waals surface area contributed by atoms with Crippen molar-refractivity contribution >= 4 is 5.95 Å². The average molecular weight is 294 g/mol. The van der Waals surface area contributed by atoms with Gasteiger partial charge in [-0.2, -0.15) is 0 Å². The molecule has 4 rings (SSSR count). The van der Waals surface area contributed by atoms with E-state index in [1.54, 1.807) is 0 Å². The molecule has 0 bridgehead atoms. The third kappa shape index (κ3) is 2.18. The van der Waals surface area contributed by atoms with E-state index in [0.717, 1.165) is 36.6 Å². The highest BCUT2D eigenvalue weighted by atomic mass is 15.3. The van der Waals surface area contributed by atoms with Crippen molar-refractivity contribution in [3.8, 4) is 11.3 Å². The molecule has 2 aliphatic rings. The third-order valence-electron chi connectivity index (χ3n) is 4.96. The van der Waals surface area contributed by atoms with Crippen LogP contribution in [0, 0.1) is 0 Å². The van der Waals surface area contributed by atoms with E-state index in [0.29, 0.717) is 12.6 Å². The Bertz CT molecular complexity index is 693. The summed E-state index contributed by atoms with van der Waals surface area (Å²) in [6, 6.07) is 9.06. The molecule has 2 aromatic rings. The van der Waals surface area contributed by atoms with E-state index in [9.17, 15) is 0 Å². The normalized spacial score (nSPS) is 19.9. The number of benzene rings is 1. The van der Waals surface area contributed by atoms with Crippen LogP contribution >= 0.6 is 0 Å². The predicted octanol–water partition coefficient (Wildman–Crippen LogP) is 2.69. The van der Waals surface area contributed by atoms with Crippen molar-refractivity contribution in [2.75, 3.05) is 11.4 Å². The summed E-state index contributed by atoms with van der Waals surface area (Å²) in [5, 5.41) is 0. The van der Waals surface area contributed by atoms with Gasteiger partial charge < -0.3 is 10.6 Å². The molecule has 0 spiro atoms. The maximum Gasteiger partial charge on any atom is 0.226 e. The number of nitrogens with two attached hydrogens (primary N) is 1. The van der Waals surface area contributed by atoms with Crippen molar-refractivity contribution in [2.24, 2.45) is 5.73 Å². The quantitative estimate of drug-likeness (QED) is 0.945. The Balaban J connectivity index is 1.79. The number of fused-ring (bicyclic) bond motifs is 1. The Morgan fingerprint density at radius 3 is 2.64 bits per heavy atom. The van der Waals surface area contributed by atoms with Gasteiger partial charge in [0.15, 0.2) is 0 Å². The maximum atomic E-state index is 5.70. The minimum Gasteiger partial charge on any atom is -0.338 e. The van der Waals surface area contributed by atoms with Gasteiger partial charge in [-0.3, -0.25) is 0 Å². The Labute approximate surface area is 131 Å². The lowest BCUT2D eigenvalue weighted by atomic mass is 10.0. The fourth-order valence-electron chi connectivity index (χ4n) is 3.40. The summed E-state index contributed by atoms with van der Waals surface area (Å²) in [7, 11) is 0. The summed E-state index contributed by atoms with van der Waals surface area (Å²) in [6.07, 6.45) is 4.61. The molecule has 4 nitrogen and oxygen atoms in total. The van der Waals surface area contributed by atoms with Gasteiger partial charge in [-0.25, -0.2) is 9.97 Å². The van der Waals surface area contributed by atoms with Crippen LogP contribution in [-0.4, -0.2) is 22.6 Å². The van der Waals surface area contributed by atoms with Gasteiger partial charge in [0, 0.05) is 36.0 Å². The molecule has 22 heavy (non-hydrogen) atoms. The fourth-order valence-corrected chi connectivity index (χ4v) is 3.40. The lowest BCUT2D eigenvalue weighted by Crippen LogP contribution is -2.46. The van der Waals surface area contributed by atoms with E-state index in [1.165, 1.54) is 29.7 Å². The van der Waals surface area contributed by atoms with Gasteiger partial charge in [-0.1, -0.05) is 24.3 Å². The van der Waals surface area contributed by atoms with E-state index < -0.39 is 0 Å². The summed E-state index contributed by atoms with van der Waals surface area (Å²) in [5.74, 6) is 0.914. The highest BCUT2D eigenvalue weighted by Gasteiger charge is 2.29. The van der Waals surface area contributed by atoms with Crippen molar-refractivity contribution in [1.29, 1.82) is 0 Å². The number of nitrogens with zero attached hydrogens (tertiary/aromatic N) is 3. The second kappa shape index (κ2) is 5.36. The smallest absolute Gasteiger partial charge is 0.226 e. The molecule has 0 saturated carbocycles. The number of aromatic nitrogens is 2. The van der Waals surface area contributed by atoms with E-state index in [1.807, 2.05) is 0 Å². The van der Waals surface area contributed by atoms with E-state index in [4.69, 9.17) is 15.7 Å². The van der Waals surface area contributed by atoms with Gasteiger partial charge >= 0.3 is 0 Å². The monoisotopic (exact) mass is 294 g/mol. The summed E-state index contributed by atoms with van der Waals surface area (Å²) in [4.78, 5) is 12.1. The third-order valence-corrected chi connectivity index (χ3v) is 4.96. The molecule has 2 heterocycles. The largest absolute Gasteiger partial charge is 0.338 e. The zero-order valence-electron chi connectivity index (χ0n) is 13.0. The first-order chi connectivity index (χ1) is 10.8. The molecule has 4 heteroatoms.